The molecule has 1 aliphatic heterocycles. The minimum atomic E-state index is -0.371. The number of carbonyl (C=O) groups excluding carboxylic acids is 3. The van der Waals surface area contributed by atoms with Gasteiger partial charge in [0.15, 0.2) is 0 Å². The van der Waals surface area contributed by atoms with E-state index in [0.717, 1.165) is 74.9 Å². The van der Waals surface area contributed by atoms with Gasteiger partial charge < -0.3 is 9.30 Å². The van der Waals surface area contributed by atoms with Crippen LogP contribution in [0.1, 0.15) is 99.6 Å². The minimum absolute atomic E-state index is 0. The molecule has 1 aromatic carbocycles. The van der Waals surface area contributed by atoms with Crippen molar-refractivity contribution >= 4 is 36.4 Å². The van der Waals surface area contributed by atoms with Gasteiger partial charge in [-0.1, -0.05) is 65.0 Å². The van der Waals surface area contributed by atoms with E-state index in [9.17, 15) is 14.4 Å². The second-order valence-electron chi connectivity index (χ2n) is 9.81. The second kappa shape index (κ2) is 16.1. The summed E-state index contributed by atoms with van der Waals surface area (Å²) in [5, 5.41) is 0. The summed E-state index contributed by atoms with van der Waals surface area (Å²) in [4.78, 5) is 46.3. The monoisotopic (exact) mass is 558 g/mol. The molecule has 2 heterocycles. The minimum Gasteiger partial charge on any atom is -0.465 e. The topological polar surface area (TPSA) is 84.7 Å². The van der Waals surface area contributed by atoms with Crippen LogP contribution in [0.3, 0.4) is 0 Å². The number of aryl methyl sites for hydroxylation is 1. The highest BCUT2D eigenvalue weighted by Gasteiger charge is 2.40. The predicted octanol–water partition coefficient (Wildman–Crippen LogP) is 6.47. The number of amides is 3. The summed E-state index contributed by atoms with van der Waals surface area (Å²) in [5.41, 5.74) is 2.71. The molecule has 1 aromatic heterocycles. The van der Waals surface area contributed by atoms with Gasteiger partial charge in [0.2, 0.25) is 0 Å². The molecule has 0 bridgehead atoms. The maximum atomic E-state index is 13.5. The number of imide groups is 1. The van der Waals surface area contributed by atoms with Crippen molar-refractivity contribution in [2.75, 3.05) is 20.2 Å². The smallest absolute Gasteiger partial charge is 0.337 e. The van der Waals surface area contributed by atoms with E-state index in [2.05, 4.69) is 30.3 Å². The van der Waals surface area contributed by atoms with E-state index < -0.39 is 0 Å². The zero-order valence-electron chi connectivity index (χ0n) is 23.8. The quantitative estimate of drug-likeness (QED) is 0.108. The molecule has 1 fully saturated rings. The van der Waals surface area contributed by atoms with E-state index in [4.69, 9.17) is 4.74 Å². The van der Waals surface area contributed by atoms with Crippen molar-refractivity contribution in [1.82, 2.24) is 19.4 Å². The number of halogens is 1. The van der Waals surface area contributed by atoms with Crippen LogP contribution in [0, 0.1) is 0 Å². The highest BCUT2D eigenvalue weighted by Crippen LogP contribution is 2.26. The van der Waals surface area contributed by atoms with Gasteiger partial charge in [-0.15, -0.1) is 12.4 Å². The van der Waals surface area contributed by atoms with Gasteiger partial charge in [0.05, 0.1) is 24.6 Å². The fourth-order valence-electron chi connectivity index (χ4n) is 4.60. The van der Waals surface area contributed by atoms with E-state index in [0.29, 0.717) is 30.9 Å². The van der Waals surface area contributed by atoms with Crippen molar-refractivity contribution in [2.24, 2.45) is 0 Å². The van der Waals surface area contributed by atoms with Crippen molar-refractivity contribution in [3.63, 3.8) is 0 Å². The first-order chi connectivity index (χ1) is 18.4. The maximum Gasteiger partial charge on any atom is 0.337 e. The number of rotatable bonds is 15. The van der Waals surface area contributed by atoms with Gasteiger partial charge in [0.25, 0.3) is 5.91 Å². The van der Waals surface area contributed by atoms with E-state index in [1.165, 1.54) is 12.0 Å². The lowest BCUT2D eigenvalue weighted by Crippen LogP contribution is -2.34. The molecule has 1 aliphatic rings. The average Bonchev–Trinajstić information content (AvgIpc) is 3.41. The van der Waals surface area contributed by atoms with Crippen molar-refractivity contribution in [3.05, 3.63) is 58.8 Å². The normalized spacial score (nSPS) is 14.3. The molecule has 0 radical (unpaired) electrons. The van der Waals surface area contributed by atoms with Crippen LogP contribution >= 0.6 is 12.4 Å². The van der Waals surface area contributed by atoms with Gasteiger partial charge in [-0.05, 0) is 43.0 Å². The van der Waals surface area contributed by atoms with Crippen molar-refractivity contribution in [3.8, 4) is 0 Å². The molecule has 0 saturated carbocycles. The van der Waals surface area contributed by atoms with Crippen LogP contribution in [-0.4, -0.2) is 57.5 Å². The summed E-state index contributed by atoms with van der Waals surface area (Å²) in [7, 11) is 1.37. The lowest BCUT2D eigenvalue weighted by Gasteiger charge is -2.17. The molecular formula is C30H43ClN4O4. The van der Waals surface area contributed by atoms with Gasteiger partial charge in [0, 0.05) is 26.1 Å². The highest BCUT2D eigenvalue weighted by molar-refractivity contribution is 6.13. The number of unbranched alkanes of at least 4 members (excludes halogenated alkanes) is 5. The number of ether oxygens (including phenoxy) is 1. The summed E-state index contributed by atoms with van der Waals surface area (Å²) in [6.07, 6.45) is 12.3. The molecular weight excluding hydrogens is 516 g/mol. The fraction of sp³-hybridized carbons (Fsp3) is 0.533. The average molecular weight is 559 g/mol. The molecule has 0 atom stereocenters. The third kappa shape index (κ3) is 8.18. The first kappa shape index (κ1) is 32.1. The molecule has 3 rings (SSSR count). The maximum absolute atomic E-state index is 13.5. The van der Waals surface area contributed by atoms with Crippen LogP contribution in [0.4, 0.5) is 4.79 Å². The standard InChI is InChI=1S/C30H42N4O4.ClH/c1-5-8-11-12-19-33-28(35)26(32(30(33)37)18-10-7-3)20-25-21-31-27(13-9-6-2)34(25)22-23-14-16-24(17-15-23)29(36)38-4;/h14-17,20-21H,5-13,18-19,22H2,1-4H3;1H/b26-20-;. The number of urea groups is 1. The van der Waals surface area contributed by atoms with E-state index >= 15 is 0 Å². The number of carbonyl (C=O) groups is 3. The number of hydrogen-bond donors (Lipinski definition) is 0. The Morgan fingerprint density at radius 1 is 0.897 bits per heavy atom. The van der Waals surface area contributed by atoms with E-state index in [-0.39, 0.29) is 30.3 Å². The molecule has 9 heteroatoms. The van der Waals surface area contributed by atoms with Crippen LogP contribution in [0.5, 0.6) is 0 Å². The molecule has 1 saturated heterocycles. The van der Waals surface area contributed by atoms with Gasteiger partial charge in [0.1, 0.15) is 11.5 Å². The molecule has 3 amide bonds. The van der Waals surface area contributed by atoms with E-state index in [1.807, 2.05) is 18.2 Å². The number of benzene rings is 1. The number of nitrogens with zero attached hydrogens (tertiary/aromatic N) is 4. The van der Waals surface area contributed by atoms with Crippen LogP contribution in [0.2, 0.25) is 0 Å². The van der Waals surface area contributed by atoms with Crippen molar-refractivity contribution < 1.29 is 19.1 Å². The first-order valence-corrected chi connectivity index (χ1v) is 14.0. The molecule has 0 aliphatic carbocycles. The number of imidazole rings is 1. The van der Waals surface area contributed by atoms with Crippen molar-refractivity contribution in [2.45, 2.75) is 85.1 Å². The Morgan fingerprint density at radius 3 is 2.21 bits per heavy atom. The zero-order chi connectivity index (χ0) is 27.5. The molecule has 0 unspecified atom stereocenters. The summed E-state index contributed by atoms with van der Waals surface area (Å²) < 4.78 is 6.92. The van der Waals surface area contributed by atoms with E-state index in [1.54, 1.807) is 23.2 Å². The van der Waals surface area contributed by atoms with Gasteiger partial charge in [-0.3, -0.25) is 14.6 Å². The fourth-order valence-corrected chi connectivity index (χ4v) is 4.60. The van der Waals surface area contributed by atoms with Gasteiger partial charge >= 0.3 is 12.0 Å². The lowest BCUT2D eigenvalue weighted by molar-refractivity contribution is -0.123. The summed E-state index contributed by atoms with van der Waals surface area (Å²) in [5.74, 6) is 0.334. The van der Waals surface area contributed by atoms with Crippen LogP contribution < -0.4 is 0 Å². The number of esters is 1. The summed E-state index contributed by atoms with van der Waals surface area (Å²) >= 11 is 0. The molecule has 214 valence electrons. The number of methoxy groups -OCH3 is 1. The van der Waals surface area contributed by atoms with Crippen molar-refractivity contribution in [1.29, 1.82) is 0 Å². The third-order valence-corrected chi connectivity index (χ3v) is 6.91. The van der Waals surface area contributed by atoms with Crippen LogP contribution in [-0.2, 0) is 22.5 Å². The Bertz CT molecular complexity index is 1130. The van der Waals surface area contributed by atoms with Gasteiger partial charge in [-0.2, -0.15) is 0 Å². The molecule has 8 nitrogen and oxygen atoms in total. The molecule has 0 spiro atoms. The predicted molar refractivity (Wildman–Crippen MR) is 156 cm³/mol. The Morgan fingerprint density at radius 2 is 1.56 bits per heavy atom. The lowest BCUT2D eigenvalue weighted by atomic mass is 10.1. The Hall–Kier alpha value is -3.13. The number of hydrogen-bond acceptors (Lipinski definition) is 5. The number of aromatic nitrogens is 2. The molecule has 0 N–H and O–H groups in total. The Labute approximate surface area is 238 Å². The first-order valence-electron chi connectivity index (χ1n) is 14.0. The Balaban J connectivity index is 0.00000533. The van der Waals surface area contributed by atoms with Crippen LogP contribution in [0.25, 0.3) is 6.08 Å². The highest BCUT2D eigenvalue weighted by atomic mass is 35.5. The Kier molecular flexibility index (Phi) is 13.2. The largest absolute Gasteiger partial charge is 0.465 e. The molecule has 2 aromatic rings. The summed E-state index contributed by atoms with van der Waals surface area (Å²) in [6, 6.07) is 7.10. The third-order valence-electron chi connectivity index (χ3n) is 6.91. The van der Waals surface area contributed by atoms with Gasteiger partial charge in [-0.25, -0.2) is 14.6 Å². The zero-order valence-corrected chi connectivity index (χ0v) is 24.6. The SMILES string of the molecule is CCCCCCN1C(=O)/C(=C/c2cnc(CCCC)n2Cc2ccc(C(=O)OC)cc2)N(CCCC)C1=O.Cl. The summed E-state index contributed by atoms with van der Waals surface area (Å²) in [6.45, 7) is 7.87. The van der Waals surface area contributed by atoms with Crippen LogP contribution in [0.15, 0.2) is 36.2 Å². The second-order valence-corrected chi connectivity index (χ2v) is 9.81. The molecule has 39 heavy (non-hydrogen) atoms.